The Morgan fingerprint density at radius 2 is 1.64 bits per heavy atom. The summed E-state index contributed by atoms with van der Waals surface area (Å²) in [6.07, 6.45) is 3.12. The lowest BCUT2D eigenvalue weighted by atomic mass is 9.80. The molecule has 0 aromatic rings. The van der Waals surface area contributed by atoms with Gasteiger partial charge < -0.3 is 20.3 Å². The Balaban J connectivity index is 2.22. The smallest absolute Gasteiger partial charge is 0.408 e. The Morgan fingerprint density at radius 3 is 2.11 bits per heavy atom. The summed E-state index contributed by atoms with van der Waals surface area (Å²) in [5, 5.41) is 7.84. The second-order valence-corrected chi connectivity index (χ2v) is 12.6. The van der Waals surface area contributed by atoms with E-state index >= 15 is 0 Å². The van der Waals surface area contributed by atoms with E-state index in [1.165, 1.54) is 14.3 Å². The molecule has 36 heavy (non-hydrogen) atoms. The first-order valence-electron chi connectivity index (χ1n) is 12.7. The lowest BCUT2D eigenvalue weighted by Gasteiger charge is -2.36. The molecule has 4 amide bonds. The van der Waals surface area contributed by atoms with E-state index in [0.717, 1.165) is 19.3 Å². The molecule has 1 saturated heterocycles. The summed E-state index contributed by atoms with van der Waals surface area (Å²) < 4.78 is 5.36. The maximum absolute atomic E-state index is 13.7. The van der Waals surface area contributed by atoms with Gasteiger partial charge in [-0.3, -0.25) is 19.2 Å². The van der Waals surface area contributed by atoms with Crippen LogP contribution in [0.4, 0.5) is 4.79 Å². The molecule has 0 aromatic carbocycles. The lowest BCUT2D eigenvalue weighted by molar-refractivity contribution is -0.144. The van der Waals surface area contributed by atoms with E-state index in [9.17, 15) is 24.0 Å². The molecule has 1 aliphatic heterocycles. The van der Waals surface area contributed by atoms with Crippen molar-refractivity contribution < 1.29 is 28.7 Å². The Hall–Kier alpha value is -2.22. The van der Waals surface area contributed by atoms with Crippen molar-refractivity contribution in [3.8, 4) is 0 Å². The number of amides is 4. The number of nitrogens with one attached hydrogen (secondary N) is 3. The molecular weight excluding hydrogens is 483 g/mol. The number of carbonyl (C=O) groups excluding carboxylic acids is 5. The van der Waals surface area contributed by atoms with Crippen LogP contribution in [0.15, 0.2) is 0 Å². The van der Waals surface area contributed by atoms with E-state index in [4.69, 9.17) is 4.74 Å². The minimum absolute atomic E-state index is 0.0489. The second kappa shape index (κ2) is 11.9. The van der Waals surface area contributed by atoms with Crippen LogP contribution in [-0.4, -0.2) is 64.8 Å². The van der Waals surface area contributed by atoms with Gasteiger partial charge >= 0.3 is 12.0 Å². The van der Waals surface area contributed by atoms with Crippen LogP contribution in [-0.2, 0) is 23.9 Å². The van der Waals surface area contributed by atoms with Crippen LogP contribution in [0.2, 0.25) is 0 Å². The Morgan fingerprint density at radius 1 is 1.03 bits per heavy atom. The summed E-state index contributed by atoms with van der Waals surface area (Å²) in [7, 11) is 1.17. The Bertz CT molecular complexity index is 862. The zero-order valence-electron chi connectivity index (χ0n) is 22.7. The number of rotatable bonds is 8. The number of ether oxygens (including phenoxy) is 1. The lowest BCUT2D eigenvalue weighted by Crippen LogP contribution is -2.59. The summed E-state index contributed by atoms with van der Waals surface area (Å²) in [5.74, 6) is -1.91. The van der Waals surface area contributed by atoms with E-state index in [2.05, 4.69) is 15.7 Å². The van der Waals surface area contributed by atoms with Crippen LogP contribution < -0.4 is 15.7 Å². The van der Waals surface area contributed by atoms with Gasteiger partial charge in [0.25, 0.3) is 0 Å². The molecule has 2 unspecified atom stereocenters. The first-order chi connectivity index (χ1) is 16.5. The standard InChI is InChI=1S/C25H43N4O6P/c1-14-11-17(20(31)26-16(12-15-9-8-10-15)18(30)21(32)28-36)29(13-14)22(33)19(24(2,3)4)27-23(34)35-25(5,6)7/h14-17,19H,8-13,36H2,1-7H3,(H,26,31)(H,27,34)(H,28,32)/p+1/t14-,16?,17+,19-/m1/s1. The summed E-state index contributed by atoms with van der Waals surface area (Å²) >= 11 is 0. The topological polar surface area (TPSA) is 134 Å². The molecule has 204 valence electrons. The average Bonchev–Trinajstić information content (AvgIpc) is 3.11. The van der Waals surface area contributed by atoms with Crippen molar-refractivity contribution in [2.45, 2.75) is 104 Å². The van der Waals surface area contributed by atoms with Gasteiger partial charge in [0.2, 0.25) is 17.6 Å². The molecule has 1 saturated carbocycles. The van der Waals surface area contributed by atoms with Gasteiger partial charge in [0.1, 0.15) is 17.7 Å². The highest BCUT2D eigenvalue weighted by Crippen LogP contribution is 2.32. The van der Waals surface area contributed by atoms with Crippen molar-refractivity contribution >= 4 is 39.0 Å². The molecule has 2 rings (SSSR count). The highest BCUT2D eigenvalue weighted by Gasteiger charge is 2.45. The number of nitrogens with zero attached hydrogens (tertiary/aromatic N) is 1. The molecule has 2 aliphatic rings. The maximum Gasteiger partial charge on any atom is 0.408 e. The highest BCUT2D eigenvalue weighted by atomic mass is 31.0. The van der Waals surface area contributed by atoms with Gasteiger partial charge in [-0.25, -0.2) is 9.88 Å². The first kappa shape index (κ1) is 30.0. The zero-order valence-corrected chi connectivity index (χ0v) is 24.1. The summed E-state index contributed by atoms with van der Waals surface area (Å²) in [5.41, 5.74) is -1.38. The van der Waals surface area contributed by atoms with Gasteiger partial charge in [0.05, 0.1) is 15.4 Å². The largest absolute Gasteiger partial charge is 0.444 e. The molecular formula is C25H44N4O6P+. The van der Waals surface area contributed by atoms with Crippen molar-refractivity contribution in [3.05, 3.63) is 0 Å². The van der Waals surface area contributed by atoms with Crippen LogP contribution in [0.3, 0.4) is 0 Å². The fourth-order valence-electron chi connectivity index (χ4n) is 4.58. The normalized spacial score (nSPS) is 22.2. The molecule has 1 heterocycles. The van der Waals surface area contributed by atoms with Crippen LogP contribution in [0.5, 0.6) is 0 Å². The van der Waals surface area contributed by atoms with Gasteiger partial charge in [-0.15, -0.1) is 0 Å². The van der Waals surface area contributed by atoms with Crippen molar-refractivity contribution in [3.63, 3.8) is 0 Å². The number of hydrogen-bond donors (Lipinski definition) is 3. The zero-order chi connectivity index (χ0) is 27.4. The number of Topliss-reactive ketones (excluding diaryl/α,β-unsaturated/α-hetero) is 1. The molecule has 10 nitrogen and oxygen atoms in total. The number of alkyl carbamates (subject to hydrolysis) is 1. The molecule has 0 radical (unpaired) electrons. The van der Waals surface area contributed by atoms with Crippen molar-refractivity contribution in [2.75, 3.05) is 6.54 Å². The molecule has 1 aliphatic carbocycles. The predicted octanol–water partition coefficient (Wildman–Crippen LogP) is 2.05. The van der Waals surface area contributed by atoms with Crippen LogP contribution in [0.25, 0.3) is 0 Å². The summed E-state index contributed by atoms with van der Waals surface area (Å²) in [4.78, 5) is 65.8. The number of hydrogen-bond acceptors (Lipinski definition) is 6. The van der Waals surface area contributed by atoms with Gasteiger partial charge in [0, 0.05) is 6.54 Å². The van der Waals surface area contributed by atoms with Gasteiger partial charge in [-0.1, -0.05) is 47.0 Å². The van der Waals surface area contributed by atoms with Gasteiger partial charge in [-0.05, 0) is 50.9 Å². The third kappa shape index (κ3) is 8.15. The number of ketones is 1. The van der Waals surface area contributed by atoms with Crippen LogP contribution in [0.1, 0.15) is 80.6 Å². The van der Waals surface area contributed by atoms with Gasteiger partial charge in [0.15, 0.2) is 0 Å². The SMILES string of the molecule is C[C@@H]1C[C@@H](C(=O)NC(CC2CCC2)C(=O)C(=O)N[PH3+])N(C(=O)[C@@H](NC(=O)OC(C)(C)C)C(C)(C)C)C1. The Kier molecular flexibility index (Phi) is 9.91. The van der Waals surface area contributed by atoms with E-state index in [-0.39, 0.29) is 17.7 Å². The number of likely N-dealkylation sites (tertiary alicyclic amines) is 1. The average molecular weight is 528 g/mol. The van der Waals surface area contributed by atoms with E-state index < -0.39 is 52.8 Å². The van der Waals surface area contributed by atoms with Crippen molar-refractivity contribution in [2.24, 2.45) is 17.3 Å². The Labute approximate surface area is 216 Å². The molecule has 2 fully saturated rings. The van der Waals surface area contributed by atoms with Crippen molar-refractivity contribution in [1.82, 2.24) is 20.6 Å². The molecule has 0 spiro atoms. The molecule has 0 aromatic heterocycles. The third-order valence-corrected chi connectivity index (χ3v) is 7.00. The maximum atomic E-state index is 13.7. The van der Waals surface area contributed by atoms with Crippen LogP contribution in [0, 0.1) is 17.3 Å². The summed E-state index contributed by atoms with van der Waals surface area (Å²) in [6, 6.07) is -2.66. The summed E-state index contributed by atoms with van der Waals surface area (Å²) in [6.45, 7) is 13.0. The fourth-order valence-corrected chi connectivity index (χ4v) is 4.76. The number of carbonyl (C=O) groups is 5. The molecule has 11 heteroatoms. The van der Waals surface area contributed by atoms with E-state index in [0.29, 0.717) is 19.4 Å². The predicted molar refractivity (Wildman–Crippen MR) is 140 cm³/mol. The van der Waals surface area contributed by atoms with Crippen LogP contribution >= 0.6 is 9.39 Å². The molecule has 0 bridgehead atoms. The molecule has 3 N–H and O–H groups in total. The van der Waals surface area contributed by atoms with E-state index in [1.54, 1.807) is 20.8 Å². The quantitative estimate of drug-likeness (QED) is 0.327. The van der Waals surface area contributed by atoms with E-state index in [1.807, 2.05) is 27.7 Å². The third-order valence-electron chi connectivity index (χ3n) is 6.68. The fraction of sp³-hybridized carbons (Fsp3) is 0.800. The minimum Gasteiger partial charge on any atom is -0.444 e. The first-order valence-corrected chi connectivity index (χ1v) is 13.5. The second-order valence-electron chi connectivity index (χ2n) is 12.3. The monoisotopic (exact) mass is 527 g/mol. The van der Waals surface area contributed by atoms with Crippen molar-refractivity contribution in [1.29, 1.82) is 0 Å². The molecule has 5 atom stereocenters. The highest BCUT2D eigenvalue weighted by molar-refractivity contribution is 7.15. The minimum atomic E-state index is -0.932. The van der Waals surface area contributed by atoms with Gasteiger partial charge in [-0.2, -0.15) is 0 Å².